The summed E-state index contributed by atoms with van der Waals surface area (Å²) < 4.78 is 10.7. The summed E-state index contributed by atoms with van der Waals surface area (Å²) in [4.78, 5) is 38.7. The molecule has 2 aliphatic rings. The van der Waals surface area contributed by atoms with Crippen LogP contribution >= 0.6 is 23.4 Å². The minimum absolute atomic E-state index is 0.0124. The van der Waals surface area contributed by atoms with Crippen molar-refractivity contribution in [1.82, 2.24) is 10.2 Å². The summed E-state index contributed by atoms with van der Waals surface area (Å²) in [7, 11) is 0. The van der Waals surface area contributed by atoms with Crippen molar-refractivity contribution in [1.29, 1.82) is 0 Å². The van der Waals surface area contributed by atoms with Gasteiger partial charge < -0.3 is 19.9 Å². The van der Waals surface area contributed by atoms with Crippen LogP contribution in [-0.4, -0.2) is 51.6 Å². The quantitative estimate of drug-likeness (QED) is 0.469. The molecule has 2 aliphatic heterocycles. The lowest BCUT2D eigenvalue weighted by Crippen LogP contribution is -2.70. The van der Waals surface area contributed by atoms with Crippen LogP contribution in [0.25, 0.3) is 0 Å². The molecule has 0 bridgehead atoms. The molecule has 8 nitrogen and oxygen atoms in total. The van der Waals surface area contributed by atoms with Gasteiger partial charge in [-0.05, 0) is 29.8 Å². The summed E-state index contributed by atoms with van der Waals surface area (Å²) in [6.07, 6.45) is 0. The minimum atomic E-state index is -0.827. The Kier molecular flexibility index (Phi) is 6.57. The molecule has 2 atom stereocenters. The summed E-state index contributed by atoms with van der Waals surface area (Å²) in [6, 6.07) is 14.8. The molecule has 1 fully saturated rings. The monoisotopic (exact) mass is 474 g/mol. The van der Waals surface area contributed by atoms with Crippen LogP contribution in [0.1, 0.15) is 5.56 Å². The van der Waals surface area contributed by atoms with E-state index in [0.29, 0.717) is 10.8 Å². The second kappa shape index (κ2) is 9.54. The number of hydrogen-bond donors (Lipinski definition) is 2. The lowest BCUT2D eigenvalue weighted by molar-refractivity contribution is -0.154. The third-order valence-corrected chi connectivity index (χ3v) is 6.37. The van der Waals surface area contributed by atoms with Crippen molar-refractivity contribution in [2.45, 2.75) is 18.0 Å². The summed E-state index contributed by atoms with van der Waals surface area (Å²) in [5.41, 5.74) is 0.598. The highest BCUT2D eigenvalue weighted by Gasteiger charge is 2.54. The Bertz CT molecular complexity index is 1060. The summed E-state index contributed by atoms with van der Waals surface area (Å²) in [5.74, 6) is -1.41. The van der Waals surface area contributed by atoms with Crippen LogP contribution in [0.2, 0.25) is 5.02 Å². The lowest BCUT2D eigenvalue weighted by atomic mass is 10.0. The van der Waals surface area contributed by atoms with Crippen molar-refractivity contribution >= 4 is 41.1 Å². The van der Waals surface area contributed by atoms with Crippen molar-refractivity contribution in [3.8, 4) is 5.75 Å². The van der Waals surface area contributed by atoms with Gasteiger partial charge in [0.05, 0.1) is 5.75 Å². The molecule has 0 aromatic heterocycles. The van der Waals surface area contributed by atoms with E-state index >= 15 is 0 Å². The van der Waals surface area contributed by atoms with Crippen molar-refractivity contribution in [2.24, 2.45) is 0 Å². The van der Waals surface area contributed by atoms with Crippen LogP contribution in [0.15, 0.2) is 66.1 Å². The van der Waals surface area contributed by atoms with Crippen LogP contribution in [-0.2, 0) is 25.7 Å². The second-order valence-electron chi connectivity index (χ2n) is 7.05. The number of ether oxygens (including phenoxy) is 2. The fourth-order valence-electron chi connectivity index (χ4n) is 3.28. The van der Waals surface area contributed by atoms with Crippen LogP contribution < -0.4 is 10.1 Å². The highest BCUT2D eigenvalue weighted by atomic mass is 35.5. The van der Waals surface area contributed by atoms with Gasteiger partial charge in [0.2, 0.25) is 0 Å². The molecule has 166 valence electrons. The molecule has 2 amide bonds. The van der Waals surface area contributed by atoms with E-state index in [1.807, 2.05) is 18.2 Å². The number of halogens is 1. The van der Waals surface area contributed by atoms with Gasteiger partial charge >= 0.3 is 5.97 Å². The SMILES string of the molecule is O=C(COc1ccc(Cl)cc1)NC1C(=O)N2C(C(=O)OCc3ccccc3)=C(O)CS[C@H]12. The van der Waals surface area contributed by atoms with Crippen molar-refractivity contribution in [2.75, 3.05) is 12.4 Å². The number of β-lactam (4-membered cyclic amide) rings is 1. The number of aliphatic hydroxyl groups excluding tert-OH is 1. The predicted molar refractivity (Wildman–Crippen MR) is 118 cm³/mol. The molecular weight excluding hydrogens is 456 g/mol. The number of carbonyl (C=O) groups is 3. The third-order valence-electron chi connectivity index (χ3n) is 4.85. The number of aliphatic hydroxyl groups is 1. The molecule has 32 heavy (non-hydrogen) atoms. The highest BCUT2D eigenvalue weighted by molar-refractivity contribution is 8.00. The average molecular weight is 475 g/mol. The molecule has 1 unspecified atom stereocenters. The van der Waals surface area contributed by atoms with E-state index in [1.54, 1.807) is 36.4 Å². The van der Waals surface area contributed by atoms with Crippen LogP contribution in [0.4, 0.5) is 0 Å². The van der Waals surface area contributed by atoms with Gasteiger partial charge in [0.1, 0.15) is 29.5 Å². The average Bonchev–Trinajstić information content (AvgIpc) is 2.81. The fraction of sp³-hybridized carbons (Fsp3) is 0.227. The zero-order chi connectivity index (χ0) is 22.7. The maximum absolute atomic E-state index is 12.7. The zero-order valence-electron chi connectivity index (χ0n) is 16.7. The smallest absolute Gasteiger partial charge is 0.358 e. The van der Waals surface area contributed by atoms with E-state index < -0.39 is 29.2 Å². The van der Waals surface area contributed by atoms with E-state index in [9.17, 15) is 19.5 Å². The van der Waals surface area contributed by atoms with Crippen LogP contribution in [0.5, 0.6) is 5.75 Å². The molecule has 0 aliphatic carbocycles. The van der Waals surface area contributed by atoms with Gasteiger partial charge in [0, 0.05) is 5.02 Å². The molecule has 2 heterocycles. The highest BCUT2D eigenvalue weighted by Crippen LogP contribution is 2.40. The lowest BCUT2D eigenvalue weighted by Gasteiger charge is -2.48. The Hall–Kier alpha value is -3.17. The van der Waals surface area contributed by atoms with Gasteiger partial charge in [-0.25, -0.2) is 4.79 Å². The number of carbonyl (C=O) groups excluding carboxylic acids is 3. The first-order chi connectivity index (χ1) is 15.4. The topological polar surface area (TPSA) is 105 Å². The number of nitrogens with one attached hydrogen (secondary N) is 1. The van der Waals surface area contributed by atoms with Gasteiger partial charge in [-0.2, -0.15) is 0 Å². The first kappa shape index (κ1) is 22.0. The Labute approximate surface area is 193 Å². The third kappa shape index (κ3) is 4.68. The first-order valence-corrected chi connectivity index (χ1v) is 11.1. The van der Waals surface area contributed by atoms with Crippen LogP contribution in [0.3, 0.4) is 0 Å². The number of nitrogens with zero attached hydrogens (tertiary/aromatic N) is 1. The maximum Gasteiger partial charge on any atom is 0.358 e. The molecule has 1 saturated heterocycles. The van der Waals surface area contributed by atoms with Gasteiger partial charge in [0.25, 0.3) is 11.8 Å². The normalized spacial score (nSPS) is 19.7. The van der Waals surface area contributed by atoms with Crippen molar-refractivity contribution in [3.63, 3.8) is 0 Å². The molecule has 10 heteroatoms. The van der Waals surface area contributed by atoms with Gasteiger partial charge in [0.15, 0.2) is 12.3 Å². The van der Waals surface area contributed by atoms with E-state index in [2.05, 4.69) is 5.32 Å². The van der Waals surface area contributed by atoms with E-state index in [0.717, 1.165) is 5.56 Å². The number of thioether (sulfide) groups is 1. The second-order valence-corrected chi connectivity index (χ2v) is 8.60. The van der Waals surface area contributed by atoms with Gasteiger partial charge in [-0.1, -0.05) is 41.9 Å². The molecule has 2 aromatic rings. The Balaban J connectivity index is 1.34. The Morgan fingerprint density at radius 3 is 2.59 bits per heavy atom. The largest absolute Gasteiger partial charge is 0.509 e. The number of rotatable bonds is 7. The van der Waals surface area contributed by atoms with Crippen LogP contribution in [0, 0.1) is 0 Å². The number of fused-ring (bicyclic) bond motifs is 1. The Morgan fingerprint density at radius 1 is 1.16 bits per heavy atom. The van der Waals surface area contributed by atoms with Gasteiger partial charge in [-0.15, -0.1) is 11.8 Å². The molecule has 4 rings (SSSR count). The number of benzene rings is 2. The predicted octanol–water partition coefficient (Wildman–Crippen LogP) is 2.63. The minimum Gasteiger partial charge on any atom is -0.509 e. The molecule has 0 spiro atoms. The van der Waals surface area contributed by atoms with E-state index in [1.165, 1.54) is 16.7 Å². The summed E-state index contributed by atoms with van der Waals surface area (Å²) >= 11 is 7.06. The first-order valence-electron chi connectivity index (χ1n) is 9.69. The van der Waals surface area contributed by atoms with Gasteiger partial charge in [-0.3, -0.25) is 14.5 Å². The summed E-state index contributed by atoms with van der Waals surface area (Å²) in [5, 5.41) is 12.9. The van der Waals surface area contributed by atoms with Crippen molar-refractivity contribution in [3.05, 3.63) is 76.6 Å². The number of amides is 2. The zero-order valence-corrected chi connectivity index (χ0v) is 18.3. The molecule has 0 radical (unpaired) electrons. The number of hydrogen-bond acceptors (Lipinski definition) is 7. The van der Waals surface area contributed by atoms with Crippen molar-refractivity contribution < 1.29 is 29.0 Å². The molecular formula is C22H19ClN2O6S. The Morgan fingerprint density at radius 2 is 1.88 bits per heavy atom. The number of esters is 1. The fourth-order valence-corrected chi connectivity index (χ4v) is 4.61. The maximum atomic E-state index is 12.7. The standard InChI is InChI=1S/C22H19ClN2O6S/c23-14-6-8-15(9-7-14)30-11-17(27)24-18-20(28)25-19(16(26)12-32-21(18)25)22(29)31-10-13-4-2-1-3-5-13/h1-9,18,21,26H,10-12H2,(H,24,27)/t18?,21-/m1/s1. The summed E-state index contributed by atoms with van der Waals surface area (Å²) in [6.45, 7) is -0.269. The molecule has 2 aromatic carbocycles. The molecule has 2 N–H and O–H groups in total. The van der Waals surface area contributed by atoms with E-state index in [4.69, 9.17) is 21.1 Å². The van der Waals surface area contributed by atoms with E-state index in [-0.39, 0.29) is 30.4 Å². The molecule has 0 saturated carbocycles.